The summed E-state index contributed by atoms with van der Waals surface area (Å²) in [4.78, 5) is 52.6. The number of nitrogens with zero attached hydrogens (tertiary/aromatic N) is 5. The fraction of sp³-hybridized carbons (Fsp3) is 0.457. The number of imide groups is 1. The van der Waals surface area contributed by atoms with Gasteiger partial charge in [0.25, 0.3) is 5.91 Å². The standard InChI is InChI=1S/C35H39N7O3/c43-32-10-9-31(33(44)39-32)42-21-25-15-24(5-8-30(25)34(42)45)27-19-40(20-27)18-22-1-6-29(7-2-22)41-13-11-28(12-14-41)38-35-36-16-26(17-37-35)23-3-4-23/h1-2,5-8,15-17,23,27-28,31H,3-4,9-14,18-21H2,(H,36,37,38)(H,39,43,44). The minimum absolute atomic E-state index is 0.116. The van der Waals surface area contributed by atoms with Gasteiger partial charge >= 0.3 is 0 Å². The molecule has 0 bridgehead atoms. The fourth-order valence-corrected chi connectivity index (χ4v) is 7.33. The van der Waals surface area contributed by atoms with Crippen molar-refractivity contribution in [2.24, 2.45) is 0 Å². The third-order valence-corrected chi connectivity index (χ3v) is 10.2. The van der Waals surface area contributed by atoms with Gasteiger partial charge in [0.05, 0.1) is 0 Å². The highest BCUT2D eigenvalue weighted by Gasteiger charge is 2.39. The first kappa shape index (κ1) is 28.2. The summed E-state index contributed by atoms with van der Waals surface area (Å²) in [5.74, 6) is 1.12. The van der Waals surface area contributed by atoms with Crippen LogP contribution in [0.25, 0.3) is 0 Å². The lowest BCUT2D eigenvalue weighted by atomic mass is 9.89. The first-order valence-corrected chi connectivity index (χ1v) is 16.4. The van der Waals surface area contributed by atoms with E-state index >= 15 is 0 Å². The quantitative estimate of drug-likeness (QED) is 0.373. The van der Waals surface area contributed by atoms with Crippen molar-refractivity contribution >= 4 is 29.4 Å². The Kier molecular flexibility index (Phi) is 7.24. The van der Waals surface area contributed by atoms with Crippen LogP contribution in [0.15, 0.2) is 54.9 Å². The van der Waals surface area contributed by atoms with Crippen LogP contribution in [0.3, 0.4) is 0 Å². The number of piperidine rings is 2. The van der Waals surface area contributed by atoms with E-state index in [1.165, 1.54) is 35.2 Å². The van der Waals surface area contributed by atoms with Gasteiger partial charge in [-0.25, -0.2) is 9.97 Å². The number of aromatic nitrogens is 2. The molecule has 1 aromatic heterocycles. The minimum atomic E-state index is -0.574. The maximum Gasteiger partial charge on any atom is 0.255 e. The monoisotopic (exact) mass is 605 g/mol. The molecule has 2 aromatic carbocycles. The summed E-state index contributed by atoms with van der Waals surface area (Å²) in [5.41, 5.74) is 6.77. The Balaban J connectivity index is 0.801. The Hall–Kier alpha value is -4.31. The Morgan fingerprint density at radius 2 is 1.60 bits per heavy atom. The average Bonchev–Trinajstić information content (AvgIpc) is 3.83. The van der Waals surface area contributed by atoms with Gasteiger partial charge in [-0.1, -0.05) is 24.3 Å². The van der Waals surface area contributed by atoms with Crippen LogP contribution in [0.1, 0.15) is 83.0 Å². The van der Waals surface area contributed by atoms with Crippen LogP contribution in [-0.4, -0.2) is 75.8 Å². The van der Waals surface area contributed by atoms with Crippen molar-refractivity contribution in [3.8, 4) is 0 Å². The number of rotatable bonds is 8. The number of anilines is 2. The highest BCUT2D eigenvalue weighted by molar-refractivity contribution is 6.05. The number of benzene rings is 2. The number of likely N-dealkylation sites (tertiary alicyclic amines) is 1. The Morgan fingerprint density at radius 1 is 0.844 bits per heavy atom. The summed E-state index contributed by atoms with van der Waals surface area (Å²) in [6.07, 6.45) is 9.30. The van der Waals surface area contributed by atoms with Gasteiger partial charge in [-0.2, -0.15) is 0 Å². The fourth-order valence-electron chi connectivity index (χ4n) is 7.33. The number of amides is 3. The lowest BCUT2D eigenvalue weighted by molar-refractivity contribution is -0.136. The van der Waals surface area contributed by atoms with Crippen LogP contribution >= 0.6 is 0 Å². The molecule has 10 heteroatoms. The van der Waals surface area contributed by atoms with Crippen LogP contribution in [0.4, 0.5) is 11.6 Å². The van der Waals surface area contributed by atoms with E-state index in [0.717, 1.165) is 57.1 Å². The maximum absolute atomic E-state index is 13.0. The first-order chi connectivity index (χ1) is 22.0. The van der Waals surface area contributed by atoms with E-state index in [2.05, 4.69) is 66.8 Å². The molecule has 1 aliphatic carbocycles. The second kappa shape index (κ2) is 11.6. The number of carbonyl (C=O) groups excluding carboxylic acids is 3. The summed E-state index contributed by atoms with van der Waals surface area (Å²) >= 11 is 0. The largest absolute Gasteiger partial charge is 0.371 e. The van der Waals surface area contributed by atoms with E-state index in [0.29, 0.717) is 36.4 Å². The SMILES string of the molecule is O=C1CCC(N2Cc3cc(C4CN(Cc5ccc(N6CCC(Nc7ncc(C8CC8)cn7)CC6)cc5)C4)ccc3C2=O)C(=O)N1. The molecule has 5 heterocycles. The molecule has 10 nitrogen and oxygen atoms in total. The molecule has 8 rings (SSSR count). The second-order valence-electron chi connectivity index (χ2n) is 13.4. The highest BCUT2D eigenvalue weighted by atomic mass is 16.2. The van der Waals surface area contributed by atoms with Crippen molar-refractivity contribution < 1.29 is 14.4 Å². The first-order valence-electron chi connectivity index (χ1n) is 16.4. The molecule has 2 N–H and O–H groups in total. The van der Waals surface area contributed by atoms with E-state index < -0.39 is 6.04 Å². The van der Waals surface area contributed by atoms with Gasteiger partial charge in [0.2, 0.25) is 17.8 Å². The Labute approximate surface area is 263 Å². The normalized spacial score (nSPS) is 22.8. The van der Waals surface area contributed by atoms with Gasteiger partial charge in [-0.05, 0) is 78.5 Å². The van der Waals surface area contributed by atoms with Crippen molar-refractivity contribution in [2.75, 3.05) is 36.4 Å². The number of nitrogens with one attached hydrogen (secondary N) is 2. The molecule has 3 saturated heterocycles. The average molecular weight is 606 g/mol. The van der Waals surface area contributed by atoms with Crippen LogP contribution < -0.4 is 15.5 Å². The molecule has 3 amide bonds. The Bertz CT molecular complexity index is 1610. The molecular formula is C35H39N7O3. The molecule has 45 heavy (non-hydrogen) atoms. The third kappa shape index (κ3) is 5.79. The molecule has 4 aliphatic heterocycles. The number of fused-ring (bicyclic) bond motifs is 1. The van der Waals surface area contributed by atoms with Gasteiger partial charge in [-0.3, -0.25) is 24.6 Å². The maximum atomic E-state index is 13.0. The van der Waals surface area contributed by atoms with Gasteiger partial charge < -0.3 is 15.1 Å². The smallest absolute Gasteiger partial charge is 0.255 e. The van der Waals surface area contributed by atoms with E-state index in [-0.39, 0.29) is 24.1 Å². The van der Waals surface area contributed by atoms with Gasteiger partial charge in [0, 0.05) is 81.3 Å². The zero-order chi connectivity index (χ0) is 30.5. The summed E-state index contributed by atoms with van der Waals surface area (Å²) in [6, 6.07) is 15.0. The number of hydrogen-bond donors (Lipinski definition) is 2. The van der Waals surface area contributed by atoms with Gasteiger partial charge in [0.15, 0.2) is 0 Å². The summed E-state index contributed by atoms with van der Waals surface area (Å²) in [5, 5.41) is 5.91. The van der Waals surface area contributed by atoms with E-state index in [4.69, 9.17) is 0 Å². The lowest BCUT2D eigenvalue weighted by Gasteiger charge is -2.40. The van der Waals surface area contributed by atoms with Crippen molar-refractivity contribution in [1.82, 2.24) is 25.1 Å². The van der Waals surface area contributed by atoms with Crippen molar-refractivity contribution in [3.05, 3.63) is 82.7 Å². The second-order valence-corrected chi connectivity index (χ2v) is 13.4. The minimum Gasteiger partial charge on any atom is -0.371 e. The third-order valence-electron chi connectivity index (χ3n) is 10.2. The van der Waals surface area contributed by atoms with E-state index in [9.17, 15) is 14.4 Å². The topological polar surface area (TPSA) is 111 Å². The summed E-state index contributed by atoms with van der Waals surface area (Å²) < 4.78 is 0. The molecule has 0 spiro atoms. The van der Waals surface area contributed by atoms with Crippen molar-refractivity contribution in [2.45, 2.75) is 75.5 Å². The van der Waals surface area contributed by atoms with Crippen LogP contribution in [-0.2, 0) is 22.7 Å². The summed E-state index contributed by atoms with van der Waals surface area (Å²) in [7, 11) is 0. The van der Waals surface area contributed by atoms with E-state index in [1.54, 1.807) is 4.90 Å². The molecular weight excluding hydrogens is 566 g/mol. The van der Waals surface area contributed by atoms with Gasteiger partial charge in [-0.15, -0.1) is 0 Å². The van der Waals surface area contributed by atoms with Crippen molar-refractivity contribution in [3.63, 3.8) is 0 Å². The zero-order valence-corrected chi connectivity index (χ0v) is 25.5. The molecule has 3 aromatic rings. The van der Waals surface area contributed by atoms with E-state index in [1.807, 2.05) is 18.5 Å². The van der Waals surface area contributed by atoms with Crippen molar-refractivity contribution in [1.29, 1.82) is 0 Å². The molecule has 1 unspecified atom stereocenters. The van der Waals surface area contributed by atoms with Gasteiger partial charge in [0.1, 0.15) is 6.04 Å². The number of hydrogen-bond acceptors (Lipinski definition) is 8. The molecule has 1 saturated carbocycles. The van der Waals surface area contributed by atoms with Crippen LogP contribution in [0, 0.1) is 0 Å². The summed E-state index contributed by atoms with van der Waals surface area (Å²) in [6.45, 7) is 5.35. The zero-order valence-electron chi connectivity index (χ0n) is 25.5. The van der Waals surface area contributed by atoms with Crippen LogP contribution in [0.5, 0.6) is 0 Å². The molecule has 1 atom stereocenters. The van der Waals surface area contributed by atoms with Crippen LogP contribution in [0.2, 0.25) is 0 Å². The highest BCUT2D eigenvalue weighted by Crippen LogP contribution is 2.39. The molecule has 232 valence electrons. The lowest BCUT2D eigenvalue weighted by Crippen LogP contribution is -2.52. The predicted octanol–water partition coefficient (Wildman–Crippen LogP) is 3.80. The molecule has 4 fully saturated rings. The number of carbonyl (C=O) groups is 3. The molecule has 0 radical (unpaired) electrons. The predicted molar refractivity (Wildman–Crippen MR) is 170 cm³/mol. The Morgan fingerprint density at radius 3 is 2.31 bits per heavy atom. The molecule has 5 aliphatic rings.